The number of hydrogen-bond donors (Lipinski definition) is 3. The van der Waals surface area contributed by atoms with Crippen molar-refractivity contribution < 1.29 is 51.9 Å². The zero-order valence-electron chi connectivity index (χ0n) is 25.7. The molecule has 8 bridgehead atoms. The number of carboxylic acids is 3. The van der Waals surface area contributed by atoms with Gasteiger partial charge in [-0.15, -0.1) is 6.26 Å². The number of carbonyl (C=O) groups is 3. The molecule has 0 unspecified atom stereocenters. The van der Waals surface area contributed by atoms with E-state index >= 15 is 0 Å². The summed E-state index contributed by atoms with van der Waals surface area (Å²) in [4.78, 5) is 50.7. The Morgan fingerprint density at radius 1 is 1.00 bits per heavy atom. The van der Waals surface area contributed by atoms with Crippen LogP contribution in [-0.4, -0.2) is 45.3 Å². The van der Waals surface area contributed by atoms with Gasteiger partial charge < -0.3 is 30.5 Å². The Balaban J connectivity index is 0.00000480. The largest absolute Gasteiger partial charge is 2.00 e. The topological polar surface area (TPSA) is 187 Å². The summed E-state index contributed by atoms with van der Waals surface area (Å²) >= 11 is 0. The first-order chi connectivity index (χ1) is 21.4. The fraction of sp³-hybridized carbons (Fsp3) is 0.294. The summed E-state index contributed by atoms with van der Waals surface area (Å²) in [7, 11) is 0. The SMILES string of the molecule is C=CC1=C(C)C2=NC1=CC1=NC(=C(CC)C1=C[O-])C=C1N=C(C(CC(=O)O)=C3NC(=C2)[C@@H](C)[C@@H]3CCC(=O)O)C(C(=O)[O-])=C1C.[Cu+2]. The molecule has 11 nitrogen and oxygen atoms in total. The Morgan fingerprint density at radius 2 is 1.72 bits per heavy atom. The van der Waals surface area contributed by atoms with Crippen LogP contribution in [0.5, 0.6) is 0 Å². The van der Waals surface area contributed by atoms with Gasteiger partial charge in [0.2, 0.25) is 0 Å². The van der Waals surface area contributed by atoms with Crippen molar-refractivity contribution in [1.82, 2.24) is 5.32 Å². The number of aliphatic imine (C=N–C) groups is 3. The van der Waals surface area contributed by atoms with Gasteiger partial charge in [0.05, 0.1) is 46.6 Å². The maximum atomic E-state index is 12.6. The second kappa shape index (κ2) is 13.3. The molecule has 0 aromatic heterocycles. The minimum Gasteiger partial charge on any atom is -0.877 e. The van der Waals surface area contributed by atoms with Crippen LogP contribution >= 0.6 is 0 Å². The van der Waals surface area contributed by atoms with Gasteiger partial charge in [-0.05, 0) is 67.2 Å². The molecular weight excluding hydrogens is 640 g/mol. The van der Waals surface area contributed by atoms with Crippen LogP contribution in [0.15, 0.2) is 120 Å². The molecule has 5 rings (SSSR count). The van der Waals surface area contributed by atoms with E-state index in [1.165, 1.54) is 0 Å². The molecule has 5 aliphatic heterocycles. The van der Waals surface area contributed by atoms with Gasteiger partial charge in [-0.25, -0.2) is 15.0 Å². The summed E-state index contributed by atoms with van der Waals surface area (Å²) < 4.78 is 0. The summed E-state index contributed by atoms with van der Waals surface area (Å²) in [5.74, 6) is -4.57. The first kappa shape index (κ1) is 34.1. The second-order valence-corrected chi connectivity index (χ2v) is 11.3. The van der Waals surface area contributed by atoms with Gasteiger partial charge in [0.15, 0.2) is 0 Å². The van der Waals surface area contributed by atoms with E-state index in [0.717, 1.165) is 17.4 Å². The Morgan fingerprint density at radius 3 is 2.30 bits per heavy atom. The summed E-state index contributed by atoms with van der Waals surface area (Å²) in [6, 6.07) is 0. The maximum absolute atomic E-state index is 12.6. The fourth-order valence-electron chi connectivity index (χ4n) is 6.40. The van der Waals surface area contributed by atoms with Crippen molar-refractivity contribution in [2.24, 2.45) is 26.8 Å². The number of fused-ring (bicyclic) bond motifs is 5. The molecule has 46 heavy (non-hydrogen) atoms. The van der Waals surface area contributed by atoms with E-state index in [1.807, 2.05) is 26.8 Å². The monoisotopic (exact) mass is 671 g/mol. The van der Waals surface area contributed by atoms with Crippen LogP contribution in [0.3, 0.4) is 0 Å². The van der Waals surface area contributed by atoms with E-state index in [-0.39, 0.29) is 64.0 Å². The number of nitrogens with zero attached hydrogens (tertiary/aromatic N) is 3. The Hall–Kier alpha value is -4.80. The number of carboxylic acid groups (broad SMARTS) is 3. The van der Waals surface area contributed by atoms with Crippen LogP contribution in [0.25, 0.3) is 0 Å². The summed E-state index contributed by atoms with van der Waals surface area (Å²) in [5, 5.41) is 47.7. The van der Waals surface area contributed by atoms with Gasteiger partial charge in [0, 0.05) is 46.4 Å². The van der Waals surface area contributed by atoms with Gasteiger partial charge in [0.1, 0.15) is 0 Å². The number of nitrogens with one attached hydrogen (secondary N) is 1. The third-order valence-corrected chi connectivity index (χ3v) is 8.76. The summed E-state index contributed by atoms with van der Waals surface area (Å²) in [6.07, 6.45) is 7.38. The molecule has 2 atom stereocenters. The average molecular weight is 672 g/mol. The molecular formula is C34H32CuN4O7. The molecule has 5 aliphatic rings. The van der Waals surface area contributed by atoms with Crippen LogP contribution in [0.4, 0.5) is 0 Å². The zero-order chi connectivity index (χ0) is 32.7. The molecule has 1 radical (unpaired) electrons. The second-order valence-electron chi connectivity index (χ2n) is 11.3. The van der Waals surface area contributed by atoms with E-state index in [1.54, 1.807) is 25.2 Å². The molecule has 12 heteroatoms. The van der Waals surface area contributed by atoms with Gasteiger partial charge in [-0.2, -0.15) is 0 Å². The summed E-state index contributed by atoms with van der Waals surface area (Å²) in [5.41, 5.74) is 5.83. The van der Waals surface area contributed by atoms with E-state index in [0.29, 0.717) is 51.8 Å². The first-order valence-corrected chi connectivity index (χ1v) is 14.6. The van der Waals surface area contributed by atoms with Crippen molar-refractivity contribution >= 4 is 35.0 Å². The van der Waals surface area contributed by atoms with Crippen molar-refractivity contribution in [3.63, 3.8) is 0 Å². The number of allylic oxidation sites excluding steroid dienone is 10. The Bertz CT molecular complexity index is 1830. The van der Waals surface area contributed by atoms with Gasteiger partial charge >= 0.3 is 29.0 Å². The molecule has 0 aromatic rings. The molecule has 0 amide bonds. The minimum atomic E-state index is -1.53. The van der Waals surface area contributed by atoms with Crippen LogP contribution in [0.2, 0.25) is 0 Å². The van der Waals surface area contributed by atoms with Crippen LogP contribution in [0, 0.1) is 11.8 Å². The zero-order valence-corrected chi connectivity index (χ0v) is 26.6. The molecule has 0 aliphatic carbocycles. The van der Waals surface area contributed by atoms with Crippen LogP contribution < -0.4 is 15.5 Å². The van der Waals surface area contributed by atoms with Crippen LogP contribution in [-0.2, 0) is 31.5 Å². The predicted octanol–water partition coefficient (Wildman–Crippen LogP) is 2.94. The molecule has 241 valence electrons. The first-order valence-electron chi connectivity index (χ1n) is 14.6. The fourth-order valence-corrected chi connectivity index (χ4v) is 6.40. The number of carbonyl (C=O) groups excluding carboxylic acids is 1. The summed E-state index contributed by atoms with van der Waals surface area (Å²) in [6.45, 7) is 11.2. The maximum Gasteiger partial charge on any atom is 2.00 e. The normalized spacial score (nSPS) is 23.0. The van der Waals surface area contributed by atoms with Gasteiger partial charge in [-0.1, -0.05) is 26.5 Å². The van der Waals surface area contributed by atoms with E-state index in [9.17, 15) is 34.8 Å². The number of aliphatic carboxylic acids is 3. The molecule has 0 spiro atoms. The van der Waals surface area contributed by atoms with Crippen molar-refractivity contribution in [1.29, 1.82) is 0 Å². The molecule has 0 aromatic carbocycles. The minimum absolute atomic E-state index is 0. The third kappa shape index (κ3) is 5.93. The number of rotatable bonds is 8. The van der Waals surface area contributed by atoms with Crippen LogP contribution in [0.1, 0.15) is 53.4 Å². The van der Waals surface area contributed by atoms with Crippen molar-refractivity contribution in [2.45, 2.75) is 53.4 Å². The number of hydrogen-bond acceptors (Lipinski definition) is 9. The van der Waals surface area contributed by atoms with Crippen molar-refractivity contribution in [3.8, 4) is 0 Å². The van der Waals surface area contributed by atoms with E-state index in [2.05, 4.69) is 16.9 Å². The average Bonchev–Trinajstić information content (AvgIpc) is 3.67. The predicted molar refractivity (Wildman–Crippen MR) is 164 cm³/mol. The van der Waals surface area contributed by atoms with Crippen molar-refractivity contribution in [2.75, 3.05) is 0 Å². The Kier molecular flexibility index (Phi) is 9.84. The standard InChI is InChI=1S/C34H34N4O7.Cu/c1-6-18-15(3)23-11-24-16(4)20(8-9-29(40)41)32(37-24)21(10-30(42)43)33-31(34(44)45)17(5)25(38-33)12-27-19(7-2)22(14-39)28(36-27)13-26(18)35-23;/h6,11-14,16,20,37,39H,1,7-10H2,2-5H3,(H,40,41)(H,42,43)(H,44,45);/q;+2/p-2/t16-,20-;/m0./s1. The van der Waals surface area contributed by atoms with E-state index < -0.39 is 30.2 Å². The quantitative estimate of drug-likeness (QED) is 0.259. The molecule has 3 N–H and O–H groups in total. The van der Waals surface area contributed by atoms with Gasteiger partial charge in [0.25, 0.3) is 0 Å². The molecule has 1 saturated heterocycles. The third-order valence-electron chi connectivity index (χ3n) is 8.76. The molecule has 5 heterocycles. The van der Waals surface area contributed by atoms with Gasteiger partial charge in [-0.3, -0.25) is 9.59 Å². The molecule has 0 saturated carbocycles. The van der Waals surface area contributed by atoms with E-state index in [4.69, 9.17) is 9.98 Å². The van der Waals surface area contributed by atoms with Crippen molar-refractivity contribution in [3.05, 3.63) is 105 Å². The smallest absolute Gasteiger partial charge is 0.877 e. The Labute approximate surface area is 276 Å². The molecule has 1 fully saturated rings.